The Morgan fingerprint density at radius 2 is 1.62 bits per heavy atom. The SMILES string of the molecule is COc1ccc(-n2cc(-c3ccc(-c4cn[nH]n4)cc3)nn2)cc1. The molecule has 0 unspecified atom stereocenters. The molecule has 0 amide bonds. The van der Waals surface area contributed by atoms with Gasteiger partial charge in [-0.15, -0.1) is 5.10 Å². The zero-order chi connectivity index (χ0) is 16.4. The van der Waals surface area contributed by atoms with E-state index in [0.29, 0.717) is 0 Å². The van der Waals surface area contributed by atoms with Gasteiger partial charge in [0.1, 0.15) is 17.1 Å². The number of aromatic amines is 1. The van der Waals surface area contributed by atoms with E-state index >= 15 is 0 Å². The molecule has 0 radical (unpaired) electrons. The first-order valence-corrected chi connectivity index (χ1v) is 7.37. The fourth-order valence-electron chi connectivity index (χ4n) is 2.41. The van der Waals surface area contributed by atoms with E-state index in [0.717, 1.165) is 34.0 Å². The highest BCUT2D eigenvalue weighted by atomic mass is 16.5. The number of aromatic nitrogens is 6. The number of benzene rings is 2. The second-order valence-electron chi connectivity index (χ2n) is 5.18. The number of rotatable bonds is 4. The maximum absolute atomic E-state index is 5.16. The third kappa shape index (κ3) is 2.63. The highest BCUT2D eigenvalue weighted by Gasteiger charge is 2.07. The minimum absolute atomic E-state index is 0.803. The Balaban J connectivity index is 1.60. The Kier molecular flexibility index (Phi) is 3.51. The van der Waals surface area contributed by atoms with E-state index in [9.17, 15) is 0 Å². The predicted molar refractivity (Wildman–Crippen MR) is 88.7 cm³/mol. The topological polar surface area (TPSA) is 81.5 Å². The normalized spacial score (nSPS) is 10.7. The third-order valence-electron chi connectivity index (χ3n) is 3.72. The van der Waals surface area contributed by atoms with Crippen LogP contribution in [-0.4, -0.2) is 37.5 Å². The number of nitrogens with one attached hydrogen (secondary N) is 1. The predicted octanol–water partition coefficient (Wildman–Crippen LogP) is 2.73. The summed E-state index contributed by atoms with van der Waals surface area (Å²) in [4.78, 5) is 0. The van der Waals surface area contributed by atoms with Crippen molar-refractivity contribution in [3.8, 4) is 34.0 Å². The molecule has 0 aliphatic rings. The summed E-state index contributed by atoms with van der Waals surface area (Å²) in [5, 5.41) is 18.9. The summed E-state index contributed by atoms with van der Waals surface area (Å²) in [7, 11) is 1.64. The average Bonchev–Trinajstić information content (AvgIpc) is 3.34. The largest absolute Gasteiger partial charge is 0.497 e. The van der Waals surface area contributed by atoms with Crippen LogP contribution < -0.4 is 4.74 Å². The van der Waals surface area contributed by atoms with Crippen molar-refractivity contribution < 1.29 is 4.74 Å². The van der Waals surface area contributed by atoms with Crippen LogP contribution in [-0.2, 0) is 0 Å². The maximum Gasteiger partial charge on any atom is 0.119 e. The third-order valence-corrected chi connectivity index (χ3v) is 3.72. The van der Waals surface area contributed by atoms with Gasteiger partial charge in [-0.25, -0.2) is 4.68 Å². The van der Waals surface area contributed by atoms with Crippen molar-refractivity contribution in [2.45, 2.75) is 0 Å². The molecule has 7 nitrogen and oxygen atoms in total. The van der Waals surface area contributed by atoms with E-state index in [4.69, 9.17) is 4.74 Å². The second-order valence-corrected chi connectivity index (χ2v) is 5.18. The van der Waals surface area contributed by atoms with E-state index in [-0.39, 0.29) is 0 Å². The standard InChI is InChI=1S/C17H14N6O/c1-24-15-8-6-14(7-9-15)23-11-17(20-22-23)13-4-2-12(3-5-13)16-10-18-21-19-16/h2-11H,1H3,(H,18,19,21). The van der Waals surface area contributed by atoms with Crippen LogP contribution in [0.5, 0.6) is 5.75 Å². The van der Waals surface area contributed by atoms with Gasteiger partial charge in [-0.1, -0.05) is 29.5 Å². The molecule has 0 saturated heterocycles. The van der Waals surface area contributed by atoms with Gasteiger partial charge in [0.2, 0.25) is 0 Å². The molecule has 2 heterocycles. The summed E-state index contributed by atoms with van der Waals surface area (Å²) in [5.41, 5.74) is 4.52. The maximum atomic E-state index is 5.16. The molecule has 0 aliphatic carbocycles. The molecule has 7 heteroatoms. The first-order chi connectivity index (χ1) is 11.8. The van der Waals surface area contributed by atoms with E-state index in [1.165, 1.54) is 0 Å². The minimum atomic E-state index is 0.803. The molecular weight excluding hydrogens is 304 g/mol. The van der Waals surface area contributed by atoms with Gasteiger partial charge in [0.05, 0.1) is 25.2 Å². The Hall–Kier alpha value is -3.48. The summed E-state index contributed by atoms with van der Waals surface area (Å²) >= 11 is 0. The molecule has 4 aromatic rings. The van der Waals surface area contributed by atoms with Crippen LogP contribution in [0, 0.1) is 0 Å². The van der Waals surface area contributed by atoms with Gasteiger partial charge in [-0.05, 0) is 24.3 Å². The number of nitrogens with zero attached hydrogens (tertiary/aromatic N) is 5. The lowest BCUT2D eigenvalue weighted by Crippen LogP contribution is -1.94. The molecular formula is C17H14N6O. The summed E-state index contributed by atoms with van der Waals surface area (Å²) in [6.07, 6.45) is 3.59. The monoisotopic (exact) mass is 318 g/mol. The van der Waals surface area contributed by atoms with Gasteiger partial charge in [0.15, 0.2) is 0 Å². The zero-order valence-corrected chi connectivity index (χ0v) is 12.9. The lowest BCUT2D eigenvalue weighted by atomic mass is 10.1. The van der Waals surface area contributed by atoms with E-state index in [2.05, 4.69) is 25.7 Å². The molecule has 118 valence electrons. The molecule has 2 aromatic carbocycles. The van der Waals surface area contributed by atoms with Crippen LogP contribution in [0.1, 0.15) is 0 Å². The number of methoxy groups -OCH3 is 1. The van der Waals surface area contributed by atoms with Gasteiger partial charge < -0.3 is 4.74 Å². The molecule has 4 rings (SSSR count). The van der Waals surface area contributed by atoms with Crippen molar-refractivity contribution in [3.05, 3.63) is 60.9 Å². The average molecular weight is 318 g/mol. The van der Waals surface area contributed by atoms with Crippen molar-refractivity contribution in [1.29, 1.82) is 0 Å². The molecule has 0 aliphatic heterocycles. The van der Waals surface area contributed by atoms with Crippen LogP contribution >= 0.6 is 0 Å². The Labute approximate surface area is 137 Å². The van der Waals surface area contributed by atoms with Gasteiger partial charge in [-0.3, -0.25) is 0 Å². The summed E-state index contributed by atoms with van der Waals surface area (Å²) in [6.45, 7) is 0. The van der Waals surface area contributed by atoms with Gasteiger partial charge in [-0.2, -0.15) is 15.4 Å². The number of hydrogen-bond donors (Lipinski definition) is 1. The molecule has 0 fully saturated rings. The molecule has 0 saturated carbocycles. The van der Waals surface area contributed by atoms with Crippen molar-refractivity contribution in [3.63, 3.8) is 0 Å². The Bertz CT molecular complexity index is 926. The van der Waals surface area contributed by atoms with Crippen LogP contribution in [0.15, 0.2) is 60.9 Å². The molecule has 1 N–H and O–H groups in total. The van der Waals surface area contributed by atoms with Crippen LogP contribution in [0.3, 0.4) is 0 Å². The van der Waals surface area contributed by atoms with Gasteiger partial charge >= 0.3 is 0 Å². The van der Waals surface area contributed by atoms with E-state index < -0.39 is 0 Å². The highest BCUT2D eigenvalue weighted by Crippen LogP contribution is 2.22. The Morgan fingerprint density at radius 1 is 0.917 bits per heavy atom. The number of H-pyrrole nitrogens is 1. The smallest absolute Gasteiger partial charge is 0.119 e. The molecule has 2 aromatic heterocycles. The van der Waals surface area contributed by atoms with Gasteiger partial charge in [0, 0.05) is 11.1 Å². The fourth-order valence-corrected chi connectivity index (χ4v) is 2.41. The molecule has 0 spiro atoms. The summed E-state index contributed by atoms with van der Waals surface area (Å²) in [5.74, 6) is 0.808. The lowest BCUT2D eigenvalue weighted by Gasteiger charge is -2.02. The molecule has 24 heavy (non-hydrogen) atoms. The summed E-state index contributed by atoms with van der Waals surface area (Å²) in [6, 6.07) is 15.6. The van der Waals surface area contributed by atoms with E-state index in [1.807, 2.05) is 54.7 Å². The molecule has 0 atom stereocenters. The van der Waals surface area contributed by atoms with Crippen LogP contribution in [0.4, 0.5) is 0 Å². The first-order valence-electron chi connectivity index (χ1n) is 7.37. The summed E-state index contributed by atoms with van der Waals surface area (Å²) < 4.78 is 6.90. The van der Waals surface area contributed by atoms with Gasteiger partial charge in [0.25, 0.3) is 0 Å². The Morgan fingerprint density at radius 3 is 2.25 bits per heavy atom. The minimum Gasteiger partial charge on any atom is -0.497 e. The lowest BCUT2D eigenvalue weighted by molar-refractivity contribution is 0.414. The van der Waals surface area contributed by atoms with Crippen LogP contribution in [0.2, 0.25) is 0 Å². The van der Waals surface area contributed by atoms with Crippen molar-refractivity contribution >= 4 is 0 Å². The first kappa shape index (κ1) is 14.1. The van der Waals surface area contributed by atoms with E-state index in [1.54, 1.807) is 18.0 Å². The number of ether oxygens (including phenoxy) is 1. The van der Waals surface area contributed by atoms with Crippen LogP contribution in [0.25, 0.3) is 28.2 Å². The zero-order valence-electron chi connectivity index (χ0n) is 12.9. The highest BCUT2D eigenvalue weighted by molar-refractivity contribution is 5.65. The number of hydrogen-bond acceptors (Lipinski definition) is 5. The van der Waals surface area contributed by atoms with Crippen molar-refractivity contribution in [1.82, 2.24) is 30.4 Å². The quantitative estimate of drug-likeness (QED) is 0.625. The second kappa shape index (κ2) is 5.96. The van der Waals surface area contributed by atoms with Crippen molar-refractivity contribution in [2.24, 2.45) is 0 Å². The fraction of sp³-hybridized carbons (Fsp3) is 0.0588. The molecule has 0 bridgehead atoms. The van der Waals surface area contributed by atoms with Crippen molar-refractivity contribution in [2.75, 3.05) is 7.11 Å².